The zero-order valence-corrected chi connectivity index (χ0v) is 13.9. The van der Waals surface area contributed by atoms with Crippen molar-refractivity contribution in [1.29, 1.82) is 0 Å². The molecule has 2 fully saturated rings. The molecule has 2 N–H and O–H groups in total. The summed E-state index contributed by atoms with van der Waals surface area (Å²) in [6.07, 6.45) is 12.7. The number of fused-ring (bicyclic) bond motifs is 1. The minimum atomic E-state index is 0.299. The van der Waals surface area contributed by atoms with E-state index in [0.29, 0.717) is 11.0 Å². The first-order chi connectivity index (χ1) is 10.3. The van der Waals surface area contributed by atoms with Crippen LogP contribution in [0.2, 0.25) is 0 Å². The Morgan fingerprint density at radius 3 is 2.57 bits per heavy atom. The van der Waals surface area contributed by atoms with Crippen LogP contribution in [-0.4, -0.2) is 23.5 Å². The van der Waals surface area contributed by atoms with Crippen molar-refractivity contribution < 1.29 is 0 Å². The van der Waals surface area contributed by atoms with E-state index < -0.39 is 0 Å². The molecule has 2 heterocycles. The molecule has 0 saturated heterocycles. The van der Waals surface area contributed by atoms with Crippen molar-refractivity contribution in [2.75, 3.05) is 13.1 Å². The number of hydrogen-bond donors (Lipinski definition) is 1. The highest BCUT2D eigenvalue weighted by atomic mass is 32.1. The van der Waals surface area contributed by atoms with E-state index >= 15 is 0 Å². The van der Waals surface area contributed by atoms with Crippen molar-refractivity contribution in [1.82, 2.24) is 4.90 Å². The highest BCUT2D eigenvalue weighted by molar-refractivity contribution is 7.10. The second-order valence-corrected chi connectivity index (χ2v) is 8.68. The maximum Gasteiger partial charge on any atom is 0.0335 e. The van der Waals surface area contributed by atoms with Gasteiger partial charge in [0.1, 0.15) is 0 Å². The van der Waals surface area contributed by atoms with Crippen molar-refractivity contribution in [3.05, 3.63) is 21.9 Å². The fraction of sp³-hybridized carbons (Fsp3) is 0.778. The number of hydrogen-bond acceptors (Lipinski definition) is 3. The summed E-state index contributed by atoms with van der Waals surface area (Å²) in [6, 6.07) is 2.33. The Bertz CT molecular complexity index is 491. The van der Waals surface area contributed by atoms with E-state index in [1.165, 1.54) is 64.3 Å². The molecule has 2 aliphatic carbocycles. The predicted octanol–water partition coefficient (Wildman–Crippen LogP) is 3.94. The molecule has 4 rings (SSSR count). The quantitative estimate of drug-likeness (QED) is 0.897. The highest BCUT2D eigenvalue weighted by Crippen LogP contribution is 2.52. The largest absolute Gasteiger partial charge is 0.329 e. The third-order valence-electron chi connectivity index (χ3n) is 6.76. The van der Waals surface area contributed by atoms with Gasteiger partial charge in [0.05, 0.1) is 0 Å². The van der Waals surface area contributed by atoms with Crippen molar-refractivity contribution in [3.63, 3.8) is 0 Å². The van der Waals surface area contributed by atoms with Crippen LogP contribution >= 0.6 is 11.3 Å². The van der Waals surface area contributed by atoms with Crippen LogP contribution in [0.4, 0.5) is 0 Å². The van der Waals surface area contributed by atoms with Gasteiger partial charge in [0, 0.05) is 30.1 Å². The van der Waals surface area contributed by atoms with Gasteiger partial charge >= 0.3 is 0 Å². The molecule has 0 atom stereocenters. The molecule has 0 unspecified atom stereocenters. The highest BCUT2D eigenvalue weighted by Gasteiger charge is 2.46. The van der Waals surface area contributed by atoms with E-state index in [9.17, 15) is 0 Å². The van der Waals surface area contributed by atoms with E-state index in [-0.39, 0.29) is 0 Å². The lowest BCUT2D eigenvalue weighted by Gasteiger charge is -2.51. The molecular weight excluding hydrogens is 276 g/mol. The van der Waals surface area contributed by atoms with Crippen molar-refractivity contribution >= 4 is 11.3 Å². The number of nitrogens with zero attached hydrogens (tertiary/aromatic N) is 1. The van der Waals surface area contributed by atoms with E-state index in [2.05, 4.69) is 16.3 Å². The van der Waals surface area contributed by atoms with E-state index in [4.69, 9.17) is 5.73 Å². The minimum Gasteiger partial charge on any atom is -0.329 e. The topological polar surface area (TPSA) is 29.3 Å². The van der Waals surface area contributed by atoms with Gasteiger partial charge in [-0.15, -0.1) is 11.3 Å². The molecular formula is C18H28N2S. The Kier molecular flexibility index (Phi) is 3.63. The fourth-order valence-electron chi connectivity index (χ4n) is 5.17. The number of rotatable bonds is 2. The smallest absolute Gasteiger partial charge is 0.0335 e. The summed E-state index contributed by atoms with van der Waals surface area (Å²) in [7, 11) is 0. The normalized spacial score (nSPS) is 27.9. The standard InChI is InChI=1S/C18H28N2S/c19-14-18(9-7-17(8-10-18)5-1-2-6-17)20-11-3-16-15(13-20)4-12-21-16/h4,12H,1-3,5-11,13-14,19H2. The molecule has 3 heteroatoms. The van der Waals surface area contributed by atoms with Gasteiger partial charge in [-0.05, 0) is 67.4 Å². The number of thiophene rings is 1. The molecule has 2 saturated carbocycles. The third-order valence-corrected chi connectivity index (χ3v) is 7.79. The van der Waals surface area contributed by atoms with Gasteiger partial charge in [-0.3, -0.25) is 4.90 Å². The van der Waals surface area contributed by atoms with Gasteiger partial charge in [0.25, 0.3) is 0 Å². The molecule has 21 heavy (non-hydrogen) atoms. The molecule has 1 aliphatic heterocycles. The molecule has 1 spiro atoms. The Hall–Kier alpha value is -0.380. The molecule has 1 aromatic heterocycles. The lowest BCUT2D eigenvalue weighted by Crippen LogP contribution is -2.57. The molecule has 0 aromatic carbocycles. The van der Waals surface area contributed by atoms with Crippen LogP contribution < -0.4 is 5.73 Å². The minimum absolute atomic E-state index is 0.299. The molecule has 0 amide bonds. The summed E-state index contributed by atoms with van der Waals surface area (Å²) in [5, 5.41) is 2.26. The van der Waals surface area contributed by atoms with Crippen LogP contribution in [0.15, 0.2) is 11.4 Å². The summed E-state index contributed by atoms with van der Waals surface area (Å²) < 4.78 is 0. The van der Waals surface area contributed by atoms with E-state index in [1.54, 1.807) is 10.4 Å². The maximum atomic E-state index is 6.31. The van der Waals surface area contributed by atoms with Gasteiger partial charge in [-0.25, -0.2) is 0 Å². The first-order valence-corrected chi connectivity index (χ1v) is 9.64. The van der Waals surface area contributed by atoms with Crippen LogP contribution in [0.3, 0.4) is 0 Å². The Morgan fingerprint density at radius 2 is 1.86 bits per heavy atom. The van der Waals surface area contributed by atoms with Gasteiger partial charge in [0.15, 0.2) is 0 Å². The average Bonchev–Trinajstić information content (AvgIpc) is 3.17. The van der Waals surface area contributed by atoms with Gasteiger partial charge in [-0.1, -0.05) is 12.8 Å². The average molecular weight is 305 g/mol. The van der Waals surface area contributed by atoms with E-state index in [0.717, 1.165) is 13.1 Å². The van der Waals surface area contributed by atoms with Crippen LogP contribution in [0.5, 0.6) is 0 Å². The predicted molar refractivity (Wildman–Crippen MR) is 89.6 cm³/mol. The lowest BCUT2D eigenvalue weighted by molar-refractivity contribution is 0.00537. The summed E-state index contributed by atoms with van der Waals surface area (Å²) in [5.41, 5.74) is 8.89. The van der Waals surface area contributed by atoms with Gasteiger partial charge in [0.2, 0.25) is 0 Å². The van der Waals surface area contributed by atoms with Crippen LogP contribution in [0.1, 0.15) is 61.8 Å². The SMILES string of the molecule is NCC1(N2CCc3sccc3C2)CCC2(CCCC2)CC1. The fourth-order valence-corrected chi connectivity index (χ4v) is 6.06. The van der Waals surface area contributed by atoms with Gasteiger partial charge in [-0.2, -0.15) is 0 Å². The summed E-state index contributed by atoms with van der Waals surface area (Å²) in [4.78, 5) is 4.35. The van der Waals surface area contributed by atoms with E-state index in [1.807, 2.05) is 11.3 Å². The van der Waals surface area contributed by atoms with Crippen molar-refractivity contribution in [3.8, 4) is 0 Å². The Morgan fingerprint density at radius 1 is 1.10 bits per heavy atom. The molecule has 2 nitrogen and oxygen atoms in total. The van der Waals surface area contributed by atoms with Gasteiger partial charge < -0.3 is 5.73 Å². The molecule has 1 aromatic rings. The maximum absolute atomic E-state index is 6.31. The lowest BCUT2D eigenvalue weighted by atomic mass is 9.65. The van der Waals surface area contributed by atoms with Crippen molar-refractivity contribution in [2.45, 2.75) is 69.9 Å². The molecule has 3 aliphatic rings. The Labute approximate surface area is 132 Å². The first kappa shape index (κ1) is 14.2. The Balaban J connectivity index is 1.50. The summed E-state index contributed by atoms with van der Waals surface area (Å²) >= 11 is 1.94. The zero-order chi connectivity index (χ0) is 14.3. The zero-order valence-electron chi connectivity index (χ0n) is 13.1. The third kappa shape index (κ3) is 2.38. The van der Waals surface area contributed by atoms with Crippen molar-refractivity contribution in [2.24, 2.45) is 11.1 Å². The molecule has 116 valence electrons. The molecule has 0 radical (unpaired) electrons. The first-order valence-electron chi connectivity index (χ1n) is 8.76. The van der Waals surface area contributed by atoms with Crippen LogP contribution in [-0.2, 0) is 13.0 Å². The second kappa shape index (κ2) is 5.36. The van der Waals surface area contributed by atoms with Crippen LogP contribution in [0, 0.1) is 5.41 Å². The summed E-state index contributed by atoms with van der Waals surface area (Å²) in [6.45, 7) is 3.21. The second-order valence-electron chi connectivity index (χ2n) is 7.68. The summed E-state index contributed by atoms with van der Waals surface area (Å²) in [5.74, 6) is 0. The van der Waals surface area contributed by atoms with Crippen LogP contribution in [0.25, 0.3) is 0 Å². The monoisotopic (exact) mass is 304 g/mol. The number of nitrogens with two attached hydrogens (primary N) is 1. The molecule has 0 bridgehead atoms.